The van der Waals surface area contributed by atoms with Crippen molar-refractivity contribution in [2.24, 2.45) is 7.05 Å². The molecule has 0 spiro atoms. The lowest BCUT2D eigenvalue weighted by Gasteiger charge is -2.09. The summed E-state index contributed by atoms with van der Waals surface area (Å²) in [5, 5.41) is 12.3. The molecule has 0 atom stereocenters. The van der Waals surface area contributed by atoms with Crippen molar-refractivity contribution < 1.29 is 14.3 Å². The zero-order chi connectivity index (χ0) is 21.7. The Morgan fingerprint density at radius 3 is 2.57 bits per heavy atom. The molecule has 0 fully saturated rings. The molecule has 30 heavy (non-hydrogen) atoms. The number of benzene rings is 1. The van der Waals surface area contributed by atoms with Crippen molar-refractivity contribution in [3.05, 3.63) is 46.6 Å². The largest absolute Gasteiger partial charge is 0.462 e. The minimum absolute atomic E-state index is 0.162. The number of anilines is 1. The maximum absolute atomic E-state index is 12.7. The number of aryl methyl sites for hydroxylation is 2. The number of thioether (sulfide) groups is 1. The Labute approximate surface area is 183 Å². The molecule has 3 aromatic rings. The van der Waals surface area contributed by atoms with Crippen LogP contribution in [0.4, 0.5) is 5.00 Å². The van der Waals surface area contributed by atoms with E-state index in [1.165, 1.54) is 23.1 Å². The number of carbonyl (C=O) groups excluding carboxylic acids is 2. The smallest absolute Gasteiger partial charge is 0.341 e. The van der Waals surface area contributed by atoms with Crippen LogP contribution >= 0.6 is 23.1 Å². The molecule has 0 aliphatic carbocycles. The van der Waals surface area contributed by atoms with Crippen LogP contribution < -0.4 is 5.32 Å². The van der Waals surface area contributed by atoms with Crippen LogP contribution in [0.25, 0.3) is 11.1 Å². The van der Waals surface area contributed by atoms with E-state index in [-0.39, 0.29) is 18.3 Å². The summed E-state index contributed by atoms with van der Waals surface area (Å²) < 4.78 is 7.16. The second-order valence-electron chi connectivity index (χ2n) is 6.47. The molecule has 3 rings (SSSR count). The molecule has 0 bridgehead atoms. The lowest BCUT2D eigenvalue weighted by molar-refractivity contribution is -0.113. The fourth-order valence-corrected chi connectivity index (χ4v) is 4.87. The van der Waals surface area contributed by atoms with Crippen LogP contribution in [0.2, 0.25) is 0 Å². The van der Waals surface area contributed by atoms with Gasteiger partial charge in [-0.2, -0.15) is 0 Å². The standard InChI is InChI=1S/C21H24N4O3S2/c1-5-15-23-24-21(25(15)4)29-12-16(26)22-19-18(20(27)28-6-2)17(13(3)30-19)14-10-8-7-9-11-14/h7-11H,5-6,12H2,1-4H3,(H,22,26). The number of carbonyl (C=O) groups is 2. The van der Waals surface area contributed by atoms with Crippen molar-refractivity contribution >= 4 is 40.0 Å². The molecule has 2 aromatic heterocycles. The van der Waals surface area contributed by atoms with Crippen LogP contribution in [0.3, 0.4) is 0 Å². The molecule has 1 N–H and O–H groups in total. The topological polar surface area (TPSA) is 86.1 Å². The maximum Gasteiger partial charge on any atom is 0.341 e. The summed E-state index contributed by atoms with van der Waals surface area (Å²) in [4.78, 5) is 26.3. The minimum Gasteiger partial charge on any atom is -0.462 e. The van der Waals surface area contributed by atoms with Gasteiger partial charge in [0, 0.05) is 23.9 Å². The van der Waals surface area contributed by atoms with E-state index in [9.17, 15) is 9.59 Å². The lowest BCUT2D eigenvalue weighted by Crippen LogP contribution is -2.16. The lowest BCUT2D eigenvalue weighted by atomic mass is 10.0. The molecule has 158 valence electrons. The van der Waals surface area contributed by atoms with Crippen LogP contribution in [-0.4, -0.2) is 39.0 Å². The van der Waals surface area contributed by atoms with Gasteiger partial charge in [-0.3, -0.25) is 4.79 Å². The summed E-state index contributed by atoms with van der Waals surface area (Å²) in [6.07, 6.45) is 0.774. The zero-order valence-corrected chi connectivity index (χ0v) is 19.0. The van der Waals surface area contributed by atoms with Gasteiger partial charge in [-0.15, -0.1) is 21.5 Å². The first-order valence-corrected chi connectivity index (χ1v) is 11.4. The highest BCUT2D eigenvalue weighted by Gasteiger charge is 2.25. The normalized spacial score (nSPS) is 10.8. The van der Waals surface area contributed by atoms with Crippen molar-refractivity contribution in [1.29, 1.82) is 0 Å². The number of amides is 1. The highest BCUT2D eigenvalue weighted by Crippen LogP contribution is 2.40. The van der Waals surface area contributed by atoms with E-state index in [0.29, 0.717) is 15.7 Å². The molecule has 0 saturated heterocycles. The van der Waals surface area contributed by atoms with Crippen LogP contribution in [0.5, 0.6) is 0 Å². The molecule has 2 heterocycles. The van der Waals surface area contributed by atoms with E-state index >= 15 is 0 Å². The predicted molar refractivity (Wildman–Crippen MR) is 120 cm³/mol. The van der Waals surface area contributed by atoms with Gasteiger partial charge >= 0.3 is 5.97 Å². The Bertz CT molecular complexity index is 1040. The number of nitrogens with zero attached hydrogens (tertiary/aromatic N) is 3. The van der Waals surface area contributed by atoms with Gasteiger partial charge in [0.25, 0.3) is 0 Å². The molecule has 0 unspecified atom stereocenters. The Morgan fingerprint density at radius 2 is 1.93 bits per heavy atom. The average Bonchev–Trinajstić information content (AvgIpc) is 3.26. The van der Waals surface area contributed by atoms with Gasteiger partial charge in [0.05, 0.1) is 12.4 Å². The van der Waals surface area contributed by atoms with Gasteiger partial charge in [0.15, 0.2) is 5.16 Å². The van der Waals surface area contributed by atoms with Gasteiger partial charge in [0.2, 0.25) is 5.91 Å². The highest BCUT2D eigenvalue weighted by molar-refractivity contribution is 7.99. The second kappa shape index (κ2) is 9.90. The van der Waals surface area contributed by atoms with Crippen LogP contribution in [0, 0.1) is 6.92 Å². The van der Waals surface area contributed by atoms with Gasteiger partial charge in [-0.25, -0.2) is 4.79 Å². The van der Waals surface area contributed by atoms with Crippen molar-refractivity contribution in [3.8, 4) is 11.1 Å². The molecule has 1 amide bonds. The van der Waals surface area contributed by atoms with Gasteiger partial charge in [-0.1, -0.05) is 49.0 Å². The fourth-order valence-electron chi connectivity index (χ4n) is 3.05. The van der Waals surface area contributed by atoms with Gasteiger partial charge < -0.3 is 14.6 Å². The third-order valence-corrected chi connectivity index (χ3v) is 6.49. The summed E-state index contributed by atoms with van der Waals surface area (Å²) >= 11 is 2.68. The monoisotopic (exact) mass is 444 g/mol. The molecule has 7 nitrogen and oxygen atoms in total. The Hall–Kier alpha value is -2.65. The maximum atomic E-state index is 12.7. The zero-order valence-electron chi connectivity index (χ0n) is 17.4. The molecule has 0 aliphatic rings. The Kier molecular flexibility index (Phi) is 7.28. The third-order valence-electron chi connectivity index (χ3n) is 4.45. The number of ether oxygens (including phenoxy) is 1. The van der Waals surface area contributed by atoms with E-state index in [2.05, 4.69) is 15.5 Å². The molecule has 1 aromatic carbocycles. The Balaban J connectivity index is 1.83. The summed E-state index contributed by atoms with van der Waals surface area (Å²) in [7, 11) is 1.88. The van der Waals surface area contributed by atoms with E-state index in [1.807, 2.05) is 55.8 Å². The number of aromatic nitrogens is 3. The fraction of sp³-hybridized carbons (Fsp3) is 0.333. The first-order chi connectivity index (χ1) is 14.5. The van der Waals surface area contributed by atoms with Crippen molar-refractivity contribution in [2.75, 3.05) is 17.7 Å². The SMILES string of the molecule is CCOC(=O)c1c(NC(=O)CSc2nnc(CC)n2C)sc(C)c1-c1ccccc1. The molecular formula is C21H24N4O3S2. The van der Waals surface area contributed by atoms with Gasteiger partial charge in [-0.05, 0) is 19.4 Å². The number of hydrogen-bond donors (Lipinski definition) is 1. The number of thiophene rings is 1. The first-order valence-electron chi connectivity index (χ1n) is 9.63. The summed E-state index contributed by atoms with van der Waals surface area (Å²) in [5.74, 6) is 0.371. The molecule has 9 heteroatoms. The minimum atomic E-state index is -0.440. The van der Waals surface area contributed by atoms with Crippen LogP contribution in [0.1, 0.15) is 34.9 Å². The van der Waals surface area contributed by atoms with Crippen LogP contribution in [0.15, 0.2) is 35.5 Å². The number of rotatable bonds is 8. The van der Waals surface area contributed by atoms with Crippen LogP contribution in [-0.2, 0) is 23.0 Å². The van der Waals surface area contributed by atoms with Crippen molar-refractivity contribution in [2.45, 2.75) is 32.3 Å². The number of esters is 1. The van der Waals surface area contributed by atoms with Gasteiger partial charge in [0.1, 0.15) is 16.4 Å². The highest BCUT2D eigenvalue weighted by atomic mass is 32.2. The van der Waals surface area contributed by atoms with Crippen molar-refractivity contribution in [3.63, 3.8) is 0 Å². The van der Waals surface area contributed by atoms with Crippen molar-refractivity contribution in [1.82, 2.24) is 14.8 Å². The molecular weight excluding hydrogens is 420 g/mol. The summed E-state index contributed by atoms with van der Waals surface area (Å²) in [6.45, 7) is 5.97. The Morgan fingerprint density at radius 1 is 1.20 bits per heavy atom. The predicted octanol–water partition coefficient (Wildman–Crippen LogP) is 4.32. The quantitative estimate of drug-likeness (QED) is 0.411. The average molecular weight is 445 g/mol. The number of nitrogens with one attached hydrogen (secondary N) is 1. The molecule has 0 saturated carbocycles. The second-order valence-corrected chi connectivity index (χ2v) is 8.64. The van der Waals surface area contributed by atoms with E-state index in [0.717, 1.165) is 28.2 Å². The molecule has 0 aliphatic heterocycles. The summed E-state index contributed by atoms with van der Waals surface area (Å²) in [5.41, 5.74) is 2.11. The molecule has 0 radical (unpaired) electrons. The third kappa shape index (κ3) is 4.73. The van der Waals surface area contributed by atoms with E-state index in [4.69, 9.17) is 4.74 Å². The first kappa shape index (κ1) is 22.0. The van der Waals surface area contributed by atoms with E-state index in [1.54, 1.807) is 6.92 Å². The van der Waals surface area contributed by atoms with E-state index < -0.39 is 5.97 Å². The number of hydrogen-bond acceptors (Lipinski definition) is 7. The summed E-state index contributed by atoms with van der Waals surface area (Å²) in [6, 6.07) is 9.65.